The molecule has 0 atom stereocenters. The molecule has 1 aromatic heterocycles. The number of carbonyl (C=O) groups excluding carboxylic acids is 1. The van der Waals surface area contributed by atoms with Gasteiger partial charge in [0, 0.05) is 5.56 Å². The molecule has 0 saturated heterocycles. The van der Waals surface area contributed by atoms with Gasteiger partial charge in [0.05, 0.1) is 17.6 Å². The molecule has 106 valence electrons. The third kappa shape index (κ3) is 2.82. The Hall–Kier alpha value is -1.90. The van der Waals surface area contributed by atoms with Gasteiger partial charge in [-0.25, -0.2) is 18.3 Å². The van der Waals surface area contributed by atoms with E-state index >= 15 is 0 Å². The zero-order chi connectivity index (χ0) is 14.7. The molecule has 0 unspecified atom stereocenters. The topological polar surface area (TPSA) is 69.9 Å². The van der Waals surface area contributed by atoms with Crippen LogP contribution in [0, 0.1) is 11.6 Å². The maximum atomic E-state index is 13.9. The lowest BCUT2D eigenvalue weighted by Gasteiger charge is -2.07. The third-order valence-electron chi connectivity index (χ3n) is 2.44. The quantitative estimate of drug-likeness (QED) is 0.625. The average molecular weight is 347 g/mol. The molecule has 2 aromatic rings. The van der Waals surface area contributed by atoms with E-state index in [-0.39, 0.29) is 29.0 Å². The first-order valence-electron chi connectivity index (χ1n) is 5.60. The number of rotatable bonds is 4. The average Bonchev–Trinajstić information content (AvgIpc) is 2.88. The highest BCUT2D eigenvalue weighted by atomic mass is 79.9. The first-order valence-corrected chi connectivity index (χ1v) is 6.39. The maximum Gasteiger partial charge on any atom is 0.378 e. The van der Waals surface area contributed by atoms with E-state index in [0.29, 0.717) is 0 Å². The molecule has 0 fully saturated rings. The smallest absolute Gasteiger partial charge is 0.378 e. The van der Waals surface area contributed by atoms with Crippen molar-refractivity contribution in [2.75, 3.05) is 6.61 Å². The van der Waals surface area contributed by atoms with Crippen LogP contribution in [-0.2, 0) is 11.3 Å². The molecule has 0 N–H and O–H groups in total. The third-order valence-corrected chi connectivity index (χ3v) is 3.05. The van der Waals surface area contributed by atoms with Gasteiger partial charge in [-0.05, 0) is 45.4 Å². The van der Waals surface area contributed by atoms with E-state index in [0.717, 1.165) is 10.7 Å². The van der Waals surface area contributed by atoms with Gasteiger partial charge < -0.3 is 4.74 Å². The molecule has 2 rings (SSSR count). The summed E-state index contributed by atoms with van der Waals surface area (Å²) < 4.78 is 33.3. The lowest BCUT2D eigenvalue weighted by Crippen LogP contribution is -2.16. The van der Waals surface area contributed by atoms with Gasteiger partial charge in [0.15, 0.2) is 0 Å². The molecule has 6 nitrogen and oxygen atoms in total. The predicted molar refractivity (Wildman–Crippen MR) is 66.9 cm³/mol. The summed E-state index contributed by atoms with van der Waals surface area (Å²) in [6.45, 7) is 1.45. The van der Waals surface area contributed by atoms with Crippen LogP contribution >= 0.6 is 15.9 Å². The standard InChI is InChI=1S/C11H9BrF2N4O2/c1-2-20-11(19)10-15-16-17-18(10)5-6-8(13)4-3-7(12)9(6)14/h3-4H,2,5H2,1H3. The van der Waals surface area contributed by atoms with Crippen molar-refractivity contribution in [2.45, 2.75) is 13.5 Å². The second kappa shape index (κ2) is 6.04. The number of hydrogen-bond donors (Lipinski definition) is 0. The second-order valence-electron chi connectivity index (χ2n) is 3.70. The van der Waals surface area contributed by atoms with E-state index in [4.69, 9.17) is 4.74 Å². The van der Waals surface area contributed by atoms with Gasteiger partial charge in [0.2, 0.25) is 0 Å². The summed E-state index contributed by atoms with van der Waals surface area (Å²) in [7, 11) is 0. The zero-order valence-electron chi connectivity index (χ0n) is 10.3. The van der Waals surface area contributed by atoms with Gasteiger partial charge >= 0.3 is 5.97 Å². The van der Waals surface area contributed by atoms with Crippen LogP contribution in [0.15, 0.2) is 16.6 Å². The fraction of sp³-hybridized carbons (Fsp3) is 0.273. The SMILES string of the molecule is CCOC(=O)c1nnnn1Cc1c(F)ccc(Br)c1F. The molecular weight excluding hydrogens is 338 g/mol. The van der Waals surface area contributed by atoms with Gasteiger partial charge in [-0.1, -0.05) is 0 Å². The Kier molecular flexibility index (Phi) is 4.38. The molecular formula is C11H9BrF2N4O2. The highest BCUT2D eigenvalue weighted by Crippen LogP contribution is 2.22. The summed E-state index contributed by atoms with van der Waals surface area (Å²) in [5, 5.41) is 10.3. The largest absolute Gasteiger partial charge is 0.460 e. The van der Waals surface area contributed by atoms with Crippen molar-refractivity contribution in [3.8, 4) is 0 Å². The minimum Gasteiger partial charge on any atom is -0.460 e. The molecule has 0 radical (unpaired) electrons. The van der Waals surface area contributed by atoms with Crippen LogP contribution in [0.2, 0.25) is 0 Å². The molecule has 0 aliphatic carbocycles. The number of tetrazole rings is 1. The predicted octanol–water partition coefficient (Wildman–Crippen LogP) is 1.94. The normalized spacial score (nSPS) is 10.6. The Morgan fingerprint density at radius 1 is 1.45 bits per heavy atom. The molecule has 0 aliphatic heterocycles. The van der Waals surface area contributed by atoms with E-state index in [1.807, 2.05) is 0 Å². The summed E-state index contributed by atoms with van der Waals surface area (Å²) in [6.07, 6.45) is 0. The van der Waals surface area contributed by atoms with Crippen molar-refractivity contribution in [1.82, 2.24) is 20.2 Å². The molecule has 20 heavy (non-hydrogen) atoms. The van der Waals surface area contributed by atoms with Gasteiger partial charge in [-0.3, -0.25) is 0 Å². The van der Waals surface area contributed by atoms with Crippen molar-refractivity contribution in [3.05, 3.63) is 39.6 Å². The maximum absolute atomic E-state index is 13.9. The van der Waals surface area contributed by atoms with Crippen LogP contribution in [0.4, 0.5) is 8.78 Å². The molecule has 9 heteroatoms. The summed E-state index contributed by atoms with van der Waals surface area (Å²) >= 11 is 2.96. The fourth-order valence-electron chi connectivity index (χ4n) is 1.52. The molecule has 0 spiro atoms. The van der Waals surface area contributed by atoms with E-state index in [9.17, 15) is 13.6 Å². The molecule has 0 aliphatic rings. The Labute approximate surface area is 120 Å². The molecule has 1 aromatic carbocycles. The number of nitrogens with zero attached hydrogens (tertiary/aromatic N) is 4. The lowest BCUT2D eigenvalue weighted by atomic mass is 10.2. The number of ether oxygens (including phenoxy) is 1. The van der Waals surface area contributed by atoms with Crippen LogP contribution in [-0.4, -0.2) is 32.8 Å². The van der Waals surface area contributed by atoms with Crippen LogP contribution in [0.3, 0.4) is 0 Å². The summed E-state index contributed by atoms with van der Waals surface area (Å²) in [6, 6.07) is 2.36. The Bertz CT molecular complexity index is 647. The summed E-state index contributed by atoms with van der Waals surface area (Å²) in [5.41, 5.74) is -0.253. The molecule has 0 saturated carbocycles. The van der Waals surface area contributed by atoms with Crippen molar-refractivity contribution in [1.29, 1.82) is 0 Å². The Morgan fingerprint density at radius 2 is 2.20 bits per heavy atom. The minimum atomic E-state index is -0.768. The van der Waals surface area contributed by atoms with E-state index in [2.05, 4.69) is 31.5 Å². The number of esters is 1. The summed E-state index contributed by atoms with van der Waals surface area (Å²) in [4.78, 5) is 11.6. The number of halogens is 3. The van der Waals surface area contributed by atoms with Gasteiger partial charge in [0.1, 0.15) is 11.6 Å². The minimum absolute atomic E-state index is 0.111. The monoisotopic (exact) mass is 346 g/mol. The number of hydrogen-bond acceptors (Lipinski definition) is 5. The first kappa shape index (κ1) is 14.5. The Balaban J connectivity index is 2.34. The molecule has 1 heterocycles. The van der Waals surface area contributed by atoms with Crippen LogP contribution in [0.5, 0.6) is 0 Å². The Morgan fingerprint density at radius 3 is 2.90 bits per heavy atom. The van der Waals surface area contributed by atoms with Gasteiger partial charge in [-0.15, -0.1) is 5.10 Å². The van der Waals surface area contributed by atoms with Crippen molar-refractivity contribution >= 4 is 21.9 Å². The van der Waals surface area contributed by atoms with Crippen molar-refractivity contribution in [3.63, 3.8) is 0 Å². The lowest BCUT2D eigenvalue weighted by molar-refractivity contribution is 0.0505. The summed E-state index contributed by atoms with van der Waals surface area (Å²) in [5.74, 6) is -2.50. The fourth-order valence-corrected chi connectivity index (χ4v) is 1.89. The number of benzene rings is 1. The highest BCUT2D eigenvalue weighted by molar-refractivity contribution is 9.10. The van der Waals surface area contributed by atoms with E-state index in [1.165, 1.54) is 6.07 Å². The first-order chi connectivity index (χ1) is 9.54. The van der Waals surface area contributed by atoms with E-state index in [1.54, 1.807) is 6.92 Å². The van der Waals surface area contributed by atoms with Crippen LogP contribution in [0.1, 0.15) is 23.1 Å². The zero-order valence-corrected chi connectivity index (χ0v) is 11.9. The van der Waals surface area contributed by atoms with Crippen LogP contribution in [0.25, 0.3) is 0 Å². The molecule has 0 amide bonds. The van der Waals surface area contributed by atoms with Crippen molar-refractivity contribution < 1.29 is 18.3 Å². The van der Waals surface area contributed by atoms with Gasteiger partial charge in [0.25, 0.3) is 5.82 Å². The molecule has 0 bridgehead atoms. The highest BCUT2D eigenvalue weighted by Gasteiger charge is 2.20. The van der Waals surface area contributed by atoms with Gasteiger partial charge in [-0.2, -0.15) is 0 Å². The number of carbonyl (C=O) groups is 1. The van der Waals surface area contributed by atoms with E-state index < -0.39 is 17.6 Å². The number of aromatic nitrogens is 4. The van der Waals surface area contributed by atoms with Crippen molar-refractivity contribution in [2.24, 2.45) is 0 Å². The second-order valence-corrected chi connectivity index (χ2v) is 4.56. The van der Waals surface area contributed by atoms with Crippen LogP contribution < -0.4 is 0 Å².